The number of carbonyl (C=O) groups excluding carboxylic acids is 1. The lowest BCUT2D eigenvalue weighted by Crippen LogP contribution is -2.34. The van der Waals surface area contributed by atoms with Crippen LogP contribution in [0, 0.1) is 0 Å². The second-order valence-electron chi connectivity index (χ2n) is 7.05. The van der Waals surface area contributed by atoms with Crippen LogP contribution in [-0.4, -0.2) is 63.8 Å². The van der Waals surface area contributed by atoms with E-state index in [4.69, 9.17) is 9.47 Å². The fourth-order valence-electron chi connectivity index (χ4n) is 3.60. The van der Waals surface area contributed by atoms with E-state index in [0.29, 0.717) is 18.0 Å². The zero-order valence-corrected chi connectivity index (χ0v) is 20.6. The van der Waals surface area contributed by atoms with Crippen molar-refractivity contribution in [2.75, 3.05) is 57.9 Å². The molecular weight excluding hydrogens is 410 g/mol. The highest BCUT2D eigenvalue weighted by Gasteiger charge is 2.21. The third-order valence-electron chi connectivity index (χ3n) is 5.39. The zero-order valence-electron chi connectivity index (χ0n) is 19.8. The summed E-state index contributed by atoms with van der Waals surface area (Å²) >= 11 is 1.47. The van der Waals surface area contributed by atoms with Gasteiger partial charge in [-0.3, -0.25) is 4.79 Å². The van der Waals surface area contributed by atoms with E-state index >= 15 is 0 Å². The zero-order chi connectivity index (χ0) is 22.8. The van der Waals surface area contributed by atoms with Crippen LogP contribution in [0.4, 0.5) is 5.69 Å². The molecule has 0 aliphatic heterocycles. The van der Waals surface area contributed by atoms with Crippen molar-refractivity contribution >= 4 is 22.9 Å². The van der Waals surface area contributed by atoms with Crippen LogP contribution in [0.15, 0.2) is 24.3 Å². The third kappa shape index (κ3) is 6.14. The number of carbonyl (C=O) groups is 1. The van der Waals surface area contributed by atoms with E-state index in [1.54, 1.807) is 7.11 Å². The van der Waals surface area contributed by atoms with Gasteiger partial charge in [0.2, 0.25) is 0 Å². The van der Waals surface area contributed by atoms with Crippen LogP contribution < -0.4 is 19.7 Å². The number of rotatable bonds is 13. The first-order valence-electron chi connectivity index (χ1n) is 11.2. The summed E-state index contributed by atoms with van der Waals surface area (Å²) in [5.41, 5.74) is 1.97. The summed E-state index contributed by atoms with van der Waals surface area (Å²) in [6, 6.07) is 8.01. The molecule has 0 saturated heterocycles. The smallest absolute Gasteiger partial charge is 0.261 e. The van der Waals surface area contributed by atoms with Crippen LogP contribution in [-0.2, 0) is 0 Å². The summed E-state index contributed by atoms with van der Waals surface area (Å²) in [5.74, 6) is 1.43. The van der Waals surface area contributed by atoms with Crippen LogP contribution in [0.5, 0.6) is 11.5 Å². The molecule has 0 spiro atoms. The number of ether oxygens (including phenoxy) is 2. The van der Waals surface area contributed by atoms with Crippen molar-refractivity contribution in [3.8, 4) is 21.9 Å². The lowest BCUT2D eigenvalue weighted by molar-refractivity contribution is 0.0953. The summed E-state index contributed by atoms with van der Waals surface area (Å²) in [7, 11) is 1.68. The molecule has 0 atom stereocenters. The molecule has 172 valence electrons. The predicted octanol–water partition coefficient (Wildman–Crippen LogP) is 4.74. The molecule has 1 aromatic carbocycles. The molecule has 2 rings (SSSR count). The van der Waals surface area contributed by atoms with E-state index in [9.17, 15) is 4.79 Å². The monoisotopic (exact) mass is 447 g/mol. The van der Waals surface area contributed by atoms with Gasteiger partial charge >= 0.3 is 0 Å². The van der Waals surface area contributed by atoms with Gasteiger partial charge in [0.05, 0.1) is 24.3 Å². The van der Waals surface area contributed by atoms with Gasteiger partial charge in [0.1, 0.15) is 0 Å². The molecule has 7 heteroatoms. The molecule has 0 aliphatic rings. The predicted molar refractivity (Wildman–Crippen MR) is 131 cm³/mol. The number of nitrogens with zero attached hydrogens (tertiary/aromatic N) is 2. The SMILES string of the molecule is CCOc1c(-c2ccc(C(=O)NCCN(CC)CC)s2)ccc(N(CC)CC)c1OC. The van der Waals surface area contributed by atoms with Gasteiger partial charge in [-0.1, -0.05) is 13.8 Å². The molecular formula is C24H37N3O3S. The minimum Gasteiger partial charge on any atom is -0.491 e. The number of nitrogens with one attached hydrogen (secondary N) is 1. The largest absolute Gasteiger partial charge is 0.491 e. The molecule has 2 aromatic rings. The summed E-state index contributed by atoms with van der Waals surface area (Å²) in [4.78, 5) is 18.8. The fourth-order valence-corrected chi connectivity index (χ4v) is 4.55. The standard InChI is InChI=1S/C24H37N3O3S/c1-7-26(8-2)17-16-25-24(28)21-15-14-20(31-21)18-12-13-19(27(9-3)10-4)23(29-6)22(18)30-11-5/h12-15H,7-11,16-17H2,1-6H3,(H,25,28). The molecule has 6 nitrogen and oxygen atoms in total. The van der Waals surface area contributed by atoms with Crippen LogP contribution in [0.25, 0.3) is 10.4 Å². The Morgan fingerprint density at radius 1 is 0.968 bits per heavy atom. The number of likely N-dealkylation sites (N-methyl/N-ethyl adjacent to an activating group) is 1. The number of methoxy groups -OCH3 is 1. The van der Waals surface area contributed by atoms with Gasteiger partial charge in [-0.05, 0) is 58.1 Å². The minimum atomic E-state index is -0.0342. The van der Waals surface area contributed by atoms with Gasteiger partial charge in [-0.2, -0.15) is 0 Å². The van der Waals surface area contributed by atoms with Crippen LogP contribution >= 0.6 is 11.3 Å². The average molecular weight is 448 g/mol. The molecule has 1 heterocycles. The van der Waals surface area contributed by atoms with Gasteiger partial charge in [0, 0.05) is 36.6 Å². The number of hydrogen-bond acceptors (Lipinski definition) is 6. The van der Waals surface area contributed by atoms with Gasteiger partial charge in [-0.25, -0.2) is 0 Å². The molecule has 0 unspecified atom stereocenters. The lowest BCUT2D eigenvalue weighted by atomic mass is 10.1. The Bertz CT molecular complexity index is 829. The summed E-state index contributed by atoms with van der Waals surface area (Å²) < 4.78 is 11.8. The highest BCUT2D eigenvalue weighted by molar-refractivity contribution is 7.17. The summed E-state index contributed by atoms with van der Waals surface area (Å²) in [6.07, 6.45) is 0. The molecule has 0 fully saturated rings. The normalized spacial score (nSPS) is 10.9. The van der Waals surface area contributed by atoms with Crippen LogP contribution in [0.3, 0.4) is 0 Å². The summed E-state index contributed by atoms with van der Waals surface area (Å²) in [6.45, 7) is 16.3. The molecule has 0 bridgehead atoms. The van der Waals surface area contributed by atoms with Gasteiger partial charge in [-0.15, -0.1) is 11.3 Å². The molecule has 0 saturated carbocycles. The quantitative estimate of drug-likeness (QED) is 0.481. The van der Waals surface area contributed by atoms with Crippen LogP contribution in [0.2, 0.25) is 0 Å². The van der Waals surface area contributed by atoms with Crippen molar-refractivity contribution in [2.45, 2.75) is 34.6 Å². The van der Waals surface area contributed by atoms with Crippen LogP contribution in [0.1, 0.15) is 44.3 Å². The van der Waals surface area contributed by atoms with E-state index < -0.39 is 0 Å². The maximum atomic E-state index is 12.6. The van der Waals surface area contributed by atoms with Gasteiger partial charge in [0.15, 0.2) is 11.5 Å². The van der Waals surface area contributed by atoms with Crippen molar-refractivity contribution in [2.24, 2.45) is 0 Å². The van der Waals surface area contributed by atoms with Crippen molar-refractivity contribution in [1.29, 1.82) is 0 Å². The van der Waals surface area contributed by atoms with E-state index in [0.717, 1.165) is 60.4 Å². The van der Waals surface area contributed by atoms with Crippen molar-refractivity contribution in [3.05, 3.63) is 29.1 Å². The molecule has 0 radical (unpaired) electrons. The molecule has 1 amide bonds. The first-order chi connectivity index (χ1) is 15.0. The van der Waals surface area contributed by atoms with Crippen molar-refractivity contribution in [3.63, 3.8) is 0 Å². The van der Waals surface area contributed by atoms with E-state index in [2.05, 4.69) is 54.9 Å². The maximum absolute atomic E-state index is 12.6. The highest BCUT2D eigenvalue weighted by Crippen LogP contribution is 2.46. The Kier molecular flexibility index (Phi) is 10.1. The second-order valence-corrected chi connectivity index (χ2v) is 8.13. The number of benzene rings is 1. The number of amides is 1. The Morgan fingerprint density at radius 2 is 1.68 bits per heavy atom. The first-order valence-corrected chi connectivity index (χ1v) is 12.0. The molecule has 1 N–H and O–H groups in total. The van der Waals surface area contributed by atoms with Gasteiger partial charge < -0.3 is 24.6 Å². The minimum absolute atomic E-state index is 0.0342. The number of hydrogen-bond donors (Lipinski definition) is 1. The Hall–Kier alpha value is -2.25. The van der Waals surface area contributed by atoms with Crippen molar-refractivity contribution in [1.82, 2.24) is 10.2 Å². The van der Waals surface area contributed by atoms with E-state index in [1.807, 2.05) is 19.1 Å². The maximum Gasteiger partial charge on any atom is 0.261 e. The lowest BCUT2D eigenvalue weighted by Gasteiger charge is -2.25. The Labute approximate surface area is 191 Å². The number of thiophene rings is 1. The first kappa shape index (κ1) is 25.0. The van der Waals surface area contributed by atoms with Gasteiger partial charge in [0.25, 0.3) is 5.91 Å². The molecule has 31 heavy (non-hydrogen) atoms. The van der Waals surface area contributed by atoms with E-state index in [-0.39, 0.29) is 5.91 Å². The Balaban J connectivity index is 2.28. The second kappa shape index (κ2) is 12.6. The third-order valence-corrected chi connectivity index (χ3v) is 6.51. The fraction of sp³-hybridized carbons (Fsp3) is 0.542. The summed E-state index contributed by atoms with van der Waals surface area (Å²) in [5, 5.41) is 3.03. The van der Waals surface area contributed by atoms with Crippen molar-refractivity contribution < 1.29 is 14.3 Å². The molecule has 1 aromatic heterocycles. The topological polar surface area (TPSA) is 54.0 Å². The molecule has 0 aliphatic carbocycles. The van der Waals surface area contributed by atoms with E-state index in [1.165, 1.54) is 11.3 Å². The number of anilines is 1. The average Bonchev–Trinajstić information content (AvgIpc) is 3.28. The Morgan fingerprint density at radius 3 is 2.26 bits per heavy atom. The highest BCUT2D eigenvalue weighted by atomic mass is 32.1.